The number of rotatable bonds is 5. The summed E-state index contributed by atoms with van der Waals surface area (Å²) >= 11 is 0. The Bertz CT molecular complexity index is 810. The minimum Gasteiger partial charge on any atom is -0.481 e. The maximum absolute atomic E-state index is 12.0. The van der Waals surface area contributed by atoms with Crippen LogP contribution in [0.2, 0.25) is 0 Å². The quantitative estimate of drug-likeness (QED) is 0.484. The number of hydrazone groups is 1. The Morgan fingerprint density at radius 3 is 2.56 bits per heavy atom. The van der Waals surface area contributed by atoms with Crippen molar-refractivity contribution in [2.24, 2.45) is 39.6 Å². The van der Waals surface area contributed by atoms with Crippen LogP contribution in [0.1, 0.15) is 91.4 Å². The number of ether oxygens (including phenoxy) is 1. The van der Waals surface area contributed by atoms with Gasteiger partial charge < -0.3 is 9.84 Å². The molecule has 0 spiro atoms. The van der Waals surface area contributed by atoms with E-state index >= 15 is 0 Å². The predicted octanol–water partition coefficient (Wildman–Crippen LogP) is 4.30. The second kappa shape index (κ2) is 8.79. The van der Waals surface area contributed by atoms with E-state index in [1.54, 1.807) is 0 Å². The molecule has 4 rings (SSSR count). The smallest absolute Gasteiger partial charge is 0.303 e. The molecule has 0 bridgehead atoms. The third-order valence-corrected chi connectivity index (χ3v) is 9.57. The molecule has 1 amide bonds. The molecule has 0 heterocycles. The normalized spacial score (nSPS) is 41.8. The van der Waals surface area contributed by atoms with Crippen LogP contribution in [0.4, 0.5) is 0 Å². The molecule has 7 atom stereocenters. The summed E-state index contributed by atoms with van der Waals surface area (Å²) in [5, 5.41) is 13.3. The van der Waals surface area contributed by atoms with Crippen molar-refractivity contribution in [2.45, 2.75) is 97.5 Å². The van der Waals surface area contributed by atoms with Crippen LogP contribution in [0.25, 0.3) is 0 Å². The maximum atomic E-state index is 12.0. The lowest BCUT2D eigenvalue weighted by molar-refractivity contribution is -0.158. The highest BCUT2D eigenvalue weighted by Gasteiger charge is 2.59. The summed E-state index contributed by atoms with van der Waals surface area (Å²) in [6.45, 7) is 6.34. The van der Waals surface area contributed by atoms with E-state index in [0.29, 0.717) is 29.1 Å². The van der Waals surface area contributed by atoms with Crippen molar-refractivity contribution in [3.8, 4) is 0 Å². The van der Waals surface area contributed by atoms with Gasteiger partial charge in [-0.05, 0) is 86.9 Å². The van der Waals surface area contributed by atoms with Crippen molar-refractivity contribution in [2.75, 3.05) is 0 Å². The lowest BCUT2D eigenvalue weighted by Gasteiger charge is -2.60. The number of carbonyl (C=O) groups excluding carboxylic acids is 2. The van der Waals surface area contributed by atoms with Gasteiger partial charge >= 0.3 is 11.9 Å². The zero-order chi connectivity index (χ0) is 23.1. The third-order valence-electron chi connectivity index (χ3n) is 9.57. The van der Waals surface area contributed by atoms with Gasteiger partial charge in [-0.15, -0.1) is 0 Å². The Labute approximate surface area is 190 Å². The first-order chi connectivity index (χ1) is 15.1. The van der Waals surface area contributed by atoms with E-state index in [0.717, 1.165) is 44.2 Å². The molecule has 4 aliphatic rings. The first kappa shape index (κ1) is 23.2. The topological polar surface area (TPSA) is 105 Å². The molecular formula is C25H38N2O5. The second-order valence-electron chi connectivity index (χ2n) is 11.1. The molecule has 32 heavy (non-hydrogen) atoms. The van der Waals surface area contributed by atoms with Crippen LogP contribution in [0, 0.1) is 34.5 Å². The molecule has 7 unspecified atom stereocenters. The number of aliphatic carboxylic acids is 1. The summed E-state index contributed by atoms with van der Waals surface area (Å²) in [5.74, 6) is 1.18. The largest absolute Gasteiger partial charge is 0.481 e. The van der Waals surface area contributed by atoms with Gasteiger partial charge in [0.25, 0.3) is 0 Å². The molecule has 178 valence electrons. The average Bonchev–Trinajstić information content (AvgIpc) is 3.07. The minimum absolute atomic E-state index is 0.0272. The number of nitrogens with zero attached hydrogens (tertiary/aromatic N) is 1. The van der Waals surface area contributed by atoms with E-state index in [1.165, 1.54) is 26.2 Å². The van der Waals surface area contributed by atoms with Crippen LogP contribution in [-0.2, 0) is 19.1 Å². The van der Waals surface area contributed by atoms with E-state index in [-0.39, 0.29) is 36.2 Å². The average molecular weight is 447 g/mol. The number of carboxylic acids is 1. The Kier molecular flexibility index (Phi) is 6.38. The molecule has 0 aromatic heterocycles. The van der Waals surface area contributed by atoms with Crippen LogP contribution in [0.15, 0.2) is 5.10 Å². The van der Waals surface area contributed by atoms with Crippen molar-refractivity contribution < 1.29 is 24.2 Å². The zero-order valence-corrected chi connectivity index (χ0v) is 19.7. The fraction of sp³-hybridized carbons (Fsp3) is 0.840. The van der Waals surface area contributed by atoms with E-state index < -0.39 is 5.97 Å². The highest BCUT2D eigenvalue weighted by molar-refractivity contribution is 5.93. The molecule has 4 fully saturated rings. The lowest BCUT2D eigenvalue weighted by atomic mass is 9.45. The molecule has 0 aromatic carbocycles. The van der Waals surface area contributed by atoms with Crippen molar-refractivity contribution in [1.29, 1.82) is 0 Å². The monoisotopic (exact) mass is 446 g/mol. The van der Waals surface area contributed by atoms with E-state index in [9.17, 15) is 14.4 Å². The van der Waals surface area contributed by atoms with E-state index in [2.05, 4.69) is 24.4 Å². The third kappa shape index (κ3) is 4.19. The molecule has 0 saturated heterocycles. The highest BCUT2D eigenvalue weighted by Crippen LogP contribution is 2.65. The second-order valence-corrected chi connectivity index (χ2v) is 11.1. The summed E-state index contributed by atoms with van der Waals surface area (Å²) in [6.07, 6.45) is 9.78. The summed E-state index contributed by atoms with van der Waals surface area (Å²) in [4.78, 5) is 34.1. The number of fused-ring (bicyclic) bond motifs is 5. The first-order valence-electron chi connectivity index (χ1n) is 12.4. The molecule has 4 aliphatic carbocycles. The van der Waals surface area contributed by atoms with Crippen molar-refractivity contribution in [1.82, 2.24) is 5.43 Å². The Morgan fingerprint density at radius 2 is 1.84 bits per heavy atom. The molecule has 2 N–H and O–H groups in total. The highest BCUT2D eigenvalue weighted by atomic mass is 16.5. The van der Waals surface area contributed by atoms with Gasteiger partial charge in [0.15, 0.2) is 0 Å². The Balaban J connectivity index is 1.44. The molecule has 0 aliphatic heterocycles. The summed E-state index contributed by atoms with van der Waals surface area (Å²) in [6, 6.07) is 0. The van der Waals surface area contributed by atoms with Crippen LogP contribution >= 0.6 is 0 Å². The number of esters is 1. The van der Waals surface area contributed by atoms with Gasteiger partial charge in [-0.1, -0.05) is 13.8 Å². The standard InChI is InChI=1S/C25H38N2O5/c1-15(28)32-17-10-12-24(2)16(14-17)4-5-18-19-6-7-21(25(19,3)13-11-20(18)24)26-27-22(29)8-9-23(30)31/h16-20H,4-14H2,1-3H3,(H,27,29)(H,30,31). The van der Waals surface area contributed by atoms with Crippen LogP contribution in [-0.4, -0.2) is 34.8 Å². The van der Waals surface area contributed by atoms with Crippen molar-refractivity contribution in [3.05, 3.63) is 0 Å². The number of nitrogens with one attached hydrogen (secondary N) is 1. The molecule has 0 aromatic rings. The molecular weight excluding hydrogens is 408 g/mol. The number of hydrogen-bond acceptors (Lipinski definition) is 5. The van der Waals surface area contributed by atoms with E-state index in [4.69, 9.17) is 9.84 Å². The summed E-state index contributed by atoms with van der Waals surface area (Å²) in [5.41, 5.74) is 4.07. The number of hydrogen-bond donors (Lipinski definition) is 2. The number of carboxylic acid groups (broad SMARTS) is 1. The number of amides is 1. The molecule has 0 radical (unpaired) electrons. The van der Waals surface area contributed by atoms with E-state index in [1.807, 2.05) is 0 Å². The van der Waals surface area contributed by atoms with Gasteiger partial charge in [0.1, 0.15) is 6.10 Å². The fourth-order valence-corrected chi connectivity index (χ4v) is 7.94. The van der Waals surface area contributed by atoms with Gasteiger partial charge in [0.05, 0.1) is 6.42 Å². The lowest BCUT2D eigenvalue weighted by Crippen LogP contribution is -2.54. The van der Waals surface area contributed by atoms with Crippen LogP contribution in [0.5, 0.6) is 0 Å². The Morgan fingerprint density at radius 1 is 1.06 bits per heavy atom. The maximum Gasteiger partial charge on any atom is 0.303 e. The first-order valence-corrected chi connectivity index (χ1v) is 12.4. The molecule has 7 heteroatoms. The fourth-order valence-electron chi connectivity index (χ4n) is 7.94. The molecule has 7 nitrogen and oxygen atoms in total. The minimum atomic E-state index is -0.968. The van der Waals surface area contributed by atoms with Gasteiger partial charge in [-0.2, -0.15) is 5.10 Å². The Hall–Kier alpha value is -1.92. The summed E-state index contributed by atoms with van der Waals surface area (Å²) in [7, 11) is 0. The van der Waals surface area contributed by atoms with Crippen LogP contribution in [0.3, 0.4) is 0 Å². The van der Waals surface area contributed by atoms with Crippen LogP contribution < -0.4 is 5.43 Å². The van der Waals surface area contributed by atoms with Gasteiger partial charge in [0, 0.05) is 24.5 Å². The SMILES string of the molecule is CC(=O)OC1CCC2(C)C(CCC3C4CCC(=NNC(=O)CCC(=O)O)C4(C)CCC32)C1. The molecule has 4 saturated carbocycles. The predicted molar refractivity (Wildman–Crippen MR) is 120 cm³/mol. The van der Waals surface area contributed by atoms with Crippen molar-refractivity contribution >= 4 is 23.6 Å². The van der Waals surface area contributed by atoms with Crippen molar-refractivity contribution in [3.63, 3.8) is 0 Å². The van der Waals surface area contributed by atoms with Gasteiger partial charge in [0.2, 0.25) is 5.91 Å². The zero-order valence-electron chi connectivity index (χ0n) is 19.7. The summed E-state index contributed by atoms with van der Waals surface area (Å²) < 4.78 is 5.58. The van der Waals surface area contributed by atoms with Gasteiger partial charge in [-0.25, -0.2) is 5.43 Å². The van der Waals surface area contributed by atoms with Gasteiger partial charge in [-0.3, -0.25) is 14.4 Å². The number of carbonyl (C=O) groups is 3.